The van der Waals surface area contributed by atoms with E-state index in [0.717, 1.165) is 24.4 Å². The lowest BCUT2D eigenvalue weighted by Crippen LogP contribution is -2.36. The monoisotopic (exact) mass is 332 g/mol. The van der Waals surface area contributed by atoms with Crippen LogP contribution >= 0.6 is 0 Å². The Labute approximate surface area is 146 Å². The summed E-state index contributed by atoms with van der Waals surface area (Å²) in [5, 5.41) is 6.56. The molecule has 1 heterocycles. The van der Waals surface area contributed by atoms with Crippen LogP contribution < -0.4 is 15.4 Å². The van der Waals surface area contributed by atoms with Crippen LogP contribution in [-0.4, -0.2) is 25.1 Å². The minimum absolute atomic E-state index is 0.0160. The topological polar surface area (TPSA) is 50.4 Å². The second kappa shape index (κ2) is 9.07. The van der Waals surface area contributed by atoms with E-state index in [2.05, 4.69) is 17.6 Å². The largest absolute Gasteiger partial charge is 0.491 e. The lowest BCUT2D eigenvalue weighted by atomic mass is 9.85. The molecule has 3 unspecified atom stereocenters. The van der Waals surface area contributed by atoms with Gasteiger partial charge in [0.1, 0.15) is 5.75 Å². The zero-order valence-electron chi connectivity index (χ0n) is 15.5. The Hall–Kier alpha value is -1.55. The molecule has 2 rings (SSSR count). The summed E-state index contributed by atoms with van der Waals surface area (Å²) in [4.78, 5) is 12.3. The Bertz CT molecular complexity index is 507. The molecule has 3 atom stereocenters. The van der Waals surface area contributed by atoms with Gasteiger partial charge in [-0.3, -0.25) is 4.79 Å². The number of carbonyl (C=O) groups excluding carboxylic acids is 1. The van der Waals surface area contributed by atoms with Gasteiger partial charge in [-0.25, -0.2) is 0 Å². The first kappa shape index (κ1) is 18.8. The van der Waals surface area contributed by atoms with E-state index in [1.807, 2.05) is 45.0 Å². The summed E-state index contributed by atoms with van der Waals surface area (Å²) in [5.74, 6) is 2.05. The minimum Gasteiger partial charge on any atom is -0.491 e. The van der Waals surface area contributed by atoms with E-state index in [1.165, 1.54) is 12.8 Å². The maximum atomic E-state index is 12.3. The van der Waals surface area contributed by atoms with Crippen LogP contribution in [0.5, 0.6) is 5.75 Å². The first-order valence-corrected chi connectivity index (χ1v) is 9.22. The molecule has 24 heavy (non-hydrogen) atoms. The average molecular weight is 332 g/mol. The van der Waals surface area contributed by atoms with Gasteiger partial charge in [0.2, 0.25) is 5.91 Å². The van der Waals surface area contributed by atoms with Gasteiger partial charge in [-0.1, -0.05) is 19.1 Å². The van der Waals surface area contributed by atoms with Gasteiger partial charge in [0.05, 0.1) is 12.1 Å². The van der Waals surface area contributed by atoms with Crippen LogP contribution in [0.4, 0.5) is 0 Å². The highest BCUT2D eigenvalue weighted by atomic mass is 16.5. The minimum atomic E-state index is 0.0160. The lowest BCUT2D eigenvalue weighted by molar-refractivity contribution is -0.123. The van der Waals surface area contributed by atoms with Gasteiger partial charge in [-0.2, -0.15) is 0 Å². The summed E-state index contributed by atoms with van der Waals surface area (Å²) < 4.78 is 5.66. The molecular weight excluding hydrogens is 300 g/mol. The van der Waals surface area contributed by atoms with Gasteiger partial charge < -0.3 is 15.4 Å². The molecular formula is C20H32N2O2. The molecule has 1 fully saturated rings. The smallest absolute Gasteiger partial charge is 0.220 e. The van der Waals surface area contributed by atoms with E-state index in [-0.39, 0.29) is 18.1 Å². The second-order valence-corrected chi connectivity index (χ2v) is 7.31. The fourth-order valence-electron chi connectivity index (χ4n) is 3.31. The van der Waals surface area contributed by atoms with Gasteiger partial charge in [-0.05, 0) is 76.2 Å². The van der Waals surface area contributed by atoms with E-state index in [4.69, 9.17) is 4.74 Å². The third-order valence-corrected chi connectivity index (χ3v) is 4.78. The van der Waals surface area contributed by atoms with Crippen molar-refractivity contribution >= 4 is 5.91 Å². The molecule has 4 nitrogen and oxygen atoms in total. The molecule has 4 heteroatoms. The first-order valence-electron chi connectivity index (χ1n) is 9.22. The van der Waals surface area contributed by atoms with Crippen LogP contribution in [-0.2, 0) is 4.79 Å². The summed E-state index contributed by atoms with van der Waals surface area (Å²) in [6.45, 7) is 10.4. The number of rotatable bonds is 7. The molecule has 1 aliphatic heterocycles. The highest BCUT2D eigenvalue weighted by Gasteiger charge is 2.22. The van der Waals surface area contributed by atoms with Crippen LogP contribution in [0.3, 0.4) is 0 Å². The average Bonchev–Trinajstić information content (AvgIpc) is 2.55. The molecule has 0 radical (unpaired) electrons. The van der Waals surface area contributed by atoms with Crippen molar-refractivity contribution in [1.82, 2.24) is 10.6 Å². The van der Waals surface area contributed by atoms with Gasteiger partial charge in [0, 0.05) is 6.42 Å². The lowest BCUT2D eigenvalue weighted by Gasteiger charge is -2.28. The number of amides is 1. The fraction of sp³-hybridized carbons (Fsp3) is 0.650. The van der Waals surface area contributed by atoms with Crippen molar-refractivity contribution in [1.29, 1.82) is 0 Å². The summed E-state index contributed by atoms with van der Waals surface area (Å²) in [6, 6.07) is 8.00. The van der Waals surface area contributed by atoms with E-state index in [0.29, 0.717) is 18.3 Å². The van der Waals surface area contributed by atoms with E-state index < -0.39 is 0 Å². The summed E-state index contributed by atoms with van der Waals surface area (Å²) in [7, 11) is 0. The third-order valence-electron chi connectivity index (χ3n) is 4.78. The standard InChI is InChI=1S/C20H32N2O2/c1-14(2)24-19-9-7-17(8-10-19)16(4)22-20(23)12-15(3)18-6-5-11-21-13-18/h7-10,14-16,18,21H,5-6,11-13H2,1-4H3,(H,22,23). The summed E-state index contributed by atoms with van der Waals surface area (Å²) >= 11 is 0. The predicted molar refractivity (Wildman–Crippen MR) is 98.1 cm³/mol. The number of nitrogens with one attached hydrogen (secondary N) is 2. The van der Waals surface area contributed by atoms with Crippen LogP contribution in [0.25, 0.3) is 0 Å². The van der Waals surface area contributed by atoms with Crippen molar-refractivity contribution in [2.75, 3.05) is 13.1 Å². The summed E-state index contributed by atoms with van der Waals surface area (Å²) in [5.41, 5.74) is 1.10. The first-order chi connectivity index (χ1) is 11.5. The molecule has 1 aromatic carbocycles. The molecule has 134 valence electrons. The second-order valence-electron chi connectivity index (χ2n) is 7.31. The number of ether oxygens (including phenoxy) is 1. The van der Waals surface area contributed by atoms with Crippen molar-refractivity contribution in [2.24, 2.45) is 11.8 Å². The van der Waals surface area contributed by atoms with Crippen molar-refractivity contribution in [3.63, 3.8) is 0 Å². The molecule has 0 aromatic heterocycles. The van der Waals surface area contributed by atoms with Gasteiger partial charge >= 0.3 is 0 Å². The van der Waals surface area contributed by atoms with Crippen molar-refractivity contribution in [3.8, 4) is 5.75 Å². The fourth-order valence-corrected chi connectivity index (χ4v) is 3.31. The van der Waals surface area contributed by atoms with Crippen molar-refractivity contribution in [2.45, 2.75) is 59.1 Å². The highest BCUT2D eigenvalue weighted by molar-refractivity contribution is 5.76. The highest BCUT2D eigenvalue weighted by Crippen LogP contribution is 2.23. The maximum Gasteiger partial charge on any atom is 0.220 e. The molecule has 1 aromatic rings. The van der Waals surface area contributed by atoms with E-state index >= 15 is 0 Å². The molecule has 1 aliphatic rings. The Morgan fingerprint density at radius 2 is 1.96 bits per heavy atom. The van der Waals surface area contributed by atoms with Crippen LogP contribution in [0.1, 0.15) is 58.6 Å². The van der Waals surface area contributed by atoms with Crippen LogP contribution in [0.2, 0.25) is 0 Å². The third kappa shape index (κ3) is 5.82. The number of hydrogen-bond acceptors (Lipinski definition) is 3. The maximum absolute atomic E-state index is 12.3. The predicted octanol–water partition coefficient (Wildman–Crippen LogP) is 3.68. The Balaban J connectivity index is 1.82. The van der Waals surface area contributed by atoms with Crippen molar-refractivity contribution < 1.29 is 9.53 Å². The van der Waals surface area contributed by atoms with E-state index in [1.54, 1.807) is 0 Å². The molecule has 0 saturated carbocycles. The van der Waals surface area contributed by atoms with Gasteiger partial charge in [0.15, 0.2) is 0 Å². The molecule has 2 N–H and O–H groups in total. The Kier molecular flexibility index (Phi) is 7.10. The van der Waals surface area contributed by atoms with Crippen LogP contribution in [0.15, 0.2) is 24.3 Å². The van der Waals surface area contributed by atoms with Crippen LogP contribution in [0, 0.1) is 11.8 Å². The number of benzene rings is 1. The SMILES string of the molecule is CC(C)Oc1ccc(C(C)NC(=O)CC(C)C2CCCNC2)cc1. The van der Waals surface area contributed by atoms with Gasteiger partial charge in [0.25, 0.3) is 0 Å². The van der Waals surface area contributed by atoms with Crippen molar-refractivity contribution in [3.05, 3.63) is 29.8 Å². The molecule has 0 bridgehead atoms. The number of carbonyl (C=O) groups is 1. The number of piperidine rings is 1. The molecule has 0 aliphatic carbocycles. The molecule has 1 saturated heterocycles. The normalized spacial score (nSPS) is 20.5. The quantitative estimate of drug-likeness (QED) is 0.801. The van der Waals surface area contributed by atoms with E-state index in [9.17, 15) is 4.79 Å². The Morgan fingerprint density at radius 1 is 1.25 bits per heavy atom. The van der Waals surface area contributed by atoms with Gasteiger partial charge in [-0.15, -0.1) is 0 Å². The zero-order valence-corrected chi connectivity index (χ0v) is 15.5. The Morgan fingerprint density at radius 3 is 2.54 bits per heavy atom. The zero-order chi connectivity index (χ0) is 17.5. The molecule has 0 spiro atoms. The molecule has 1 amide bonds. The number of hydrogen-bond donors (Lipinski definition) is 2. The summed E-state index contributed by atoms with van der Waals surface area (Å²) in [6.07, 6.45) is 3.22.